The predicted octanol–water partition coefficient (Wildman–Crippen LogP) is 3.98. The highest BCUT2D eigenvalue weighted by Gasteiger charge is 2.30. The van der Waals surface area contributed by atoms with E-state index in [-0.39, 0.29) is 17.5 Å². The maximum absolute atomic E-state index is 13.0. The number of benzene rings is 2. The van der Waals surface area contributed by atoms with E-state index in [0.29, 0.717) is 41.7 Å². The van der Waals surface area contributed by atoms with Crippen molar-refractivity contribution < 1.29 is 19.0 Å². The van der Waals surface area contributed by atoms with E-state index in [9.17, 15) is 14.9 Å². The standard InChI is InChI=1S/C22H22N4O5/c1-14-8-9-16(12-19(14)26(28)29)22(27)25-10-4-6-17(13-25)21-23-20(24-31-21)15-5-3-7-18(11-15)30-2/h3,5,7-9,11-12,17H,4,6,10,13H2,1-2H3. The summed E-state index contributed by atoms with van der Waals surface area (Å²) in [7, 11) is 1.59. The second-order valence-corrected chi connectivity index (χ2v) is 7.54. The highest BCUT2D eigenvalue weighted by atomic mass is 16.6. The average Bonchev–Trinajstić information content (AvgIpc) is 3.29. The Morgan fingerprint density at radius 1 is 1.29 bits per heavy atom. The van der Waals surface area contributed by atoms with Crippen LogP contribution in [0.3, 0.4) is 0 Å². The van der Waals surface area contributed by atoms with Gasteiger partial charge in [0, 0.05) is 35.8 Å². The van der Waals surface area contributed by atoms with E-state index in [0.717, 1.165) is 18.4 Å². The Morgan fingerprint density at radius 3 is 2.90 bits per heavy atom. The third kappa shape index (κ3) is 4.25. The number of nitro benzene ring substituents is 1. The number of aryl methyl sites for hydroxylation is 1. The van der Waals surface area contributed by atoms with Gasteiger partial charge in [0.25, 0.3) is 11.6 Å². The fourth-order valence-corrected chi connectivity index (χ4v) is 3.77. The number of hydrogen-bond donors (Lipinski definition) is 0. The maximum Gasteiger partial charge on any atom is 0.273 e. The van der Waals surface area contributed by atoms with Gasteiger partial charge in [0.15, 0.2) is 0 Å². The number of methoxy groups -OCH3 is 1. The summed E-state index contributed by atoms with van der Waals surface area (Å²) in [4.78, 5) is 30.0. The topological polar surface area (TPSA) is 112 Å². The zero-order valence-corrected chi connectivity index (χ0v) is 17.3. The summed E-state index contributed by atoms with van der Waals surface area (Å²) in [6.07, 6.45) is 1.60. The second kappa shape index (κ2) is 8.55. The van der Waals surface area contributed by atoms with Crippen LogP contribution in [-0.2, 0) is 0 Å². The molecule has 160 valence electrons. The predicted molar refractivity (Wildman–Crippen MR) is 112 cm³/mol. The first-order valence-corrected chi connectivity index (χ1v) is 9.98. The summed E-state index contributed by atoms with van der Waals surface area (Å²) in [5.74, 6) is 1.31. The highest BCUT2D eigenvalue weighted by molar-refractivity contribution is 5.95. The molecule has 1 amide bonds. The molecule has 9 nitrogen and oxygen atoms in total. The van der Waals surface area contributed by atoms with E-state index >= 15 is 0 Å². The SMILES string of the molecule is COc1cccc(-c2noc(C3CCCN(C(=O)c4ccc(C)c([N+](=O)[O-])c4)C3)n2)c1. The molecule has 0 bridgehead atoms. The van der Waals surface area contributed by atoms with E-state index < -0.39 is 4.92 Å². The van der Waals surface area contributed by atoms with Gasteiger partial charge in [-0.25, -0.2) is 0 Å². The number of ether oxygens (including phenoxy) is 1. The third-order valence-electron chi connectivity index (χ3n) is 5.48. The summed E-state index contributed by atoms with van der Waals surface area (Å²) in [5.41, 5.74) is 1.55. The first-order valence-electron chi connectivity index (χ1n) is 9.98. The Hall–Kier alpha value is -3.75. The zero-order valence-electron chi connectivity index (χ0n) is 17.3. The minimum absolute atomic E-state index is 0.0563. The maximum atomic E-state index is 13.0. The van der Waals surface area contributed by atoms with Crippen LogP contribution in [0, 0.1) is 17.0 Å². The van der Waals surface area contributed by atoms with Gasteiger partial charge in [-0.3, -0.25) is 14.9 Å². The van der Waals surface area contributed by atoms with Crippen molar-refractivity contribution in [3.8, 4) is 17.1 Å². The van der Waals surface area contributed by atoms with Crippen LogP contribution in [0.5, 0.6) is 5.75 Å². The van der Waals surface area contributed by atoms with Crippen molar-refractivity contribution in [2.75, 3.05) is 20.2 Å². The summed E-state index contributed by atoms with van der Waals surface area (Å²) < 4.78 is 10.7. The molecule has 1 aliphatic heterocycles. The number of aromatic nitrogens is 2. The number of likely N-dealkylation sites (tertiary alicyclic amines) is 1. The van der Waals surface area contributed by atoms with Crippen molar-refractivity contribution in [1.82, 2.24) is 15.0 Å². The van der Waals surface area contributed by atoms with Crippen molar-refractivity contribution in [2.45, 2.75) is 25.7 Å². The number of nitro groups is 1. The lowest BCUT2D eigenvalue weighted by Crippen LogP contribution is -2.39. The van der Waals surface area contributed by atoms with Gasteiger partial charge in [-0.05, 0) is 38.0 Å². The highest BCUT2D eigenvalue weighted by Crippen LogP contribution is 2.30. The van der Waals surface area contributed by atoms with E-state index in [4.69, 9.17) is 9.26 Å². The van der Waals surface area contributed by atoms with Gasteiger partial charge in [0.2, 0.25) is 11.7 Å². The molecule has 4 rings (SSSR count). The number of carbonyl (C=O) groups excluding carboxylic acids is 1. The van der Waals surface area contributed by atoms with Crippen LogP contribution in [0.25, 0.3) is 11.4 Å². The fourth-order valence-electron chi connectivity index (χ4n) is 3.77. The van der Waals surface area contributed by atoms with Crippen LogP contribution in [0.4, 0.5) is 5.69 Å². The van der Waals surface area contributed by atoms with E-state index in [2.05, 4.69) is 10.1 Å². The Balaban J connectivity index is 1.51. The van der Waals surface area contributed by atoms with Crippen molar-refractivity contribution in [2.24, 2.45) is 0 Å². The molecule has 0 aliphatic carbocycles. The Kier molecular flexibility index (Phi) is 5.66. The smallest absolute Gasteiger partial charge is 0.273 e. The lowest BCUT2D eigenvalue weighted by Gasteiger charge is -2.31. The Morgan fingerprint density at radius 2 is 2.13 bits per heavy atom. The molecule has 1 fully saturated rings. The van der Waals surface area contributed by atoms with Gasteiger partial charge in [0.05, 0.1) is 18.0 Å². The van der Waals surface area contributed by atoms with Gasteiger partial charge < -0.3 is 14.2 Å². The molecule has 1 aromatic heterocycles. The van der Waals surface area contributed by atoms with Crippen LogP contribution >= 0.6 is 0 Å². The van der Waals surface area contributed by atoms with Gasteiger partial charge in [-0.2, -0.15) is 4.98 Å². The van der Waals surface area contributed by atoms with Crippen LogP contribution in [0.2, 0.25) is 0 Å². The normalized spacial score (nSPS) is 16.2. The number of hydrogen-bond acceptors (Lipinski definition) is 7. The van der Waals surface area contributed by atoms with Gasteiger partial charge in [-0.1, -0.05) is 23.4 Å². The van der Waals surface area contributed by atoms with Crippen molar-refractivity contribution >= 4 is 11.6 Å². The lowest BCUT2D eigenvalue weighted by molar-refractivity contribution is -0.385. The van der Waals surface area contributed by atoms with Crippen molar-refractivity contribution in [1.29, 1.82) is 0 Å². The number of nitrogens with zero attached hydrogens (tertiary/aromatic N) is 4. The van der Waals surface area contributed by atoms with Crippen LogP contribution in [-0.4, -0.2) is 46.1 Å². The van der Waals surface area contributed by atoms with Gasteiger partial charge >= 0.3 is 0 Å². The van der Waals surface area contributed by atoms with Crippen LogP contribution in [0.1, 0.15) is 40.6 Å². The first kappa shape index (κ1) is 20.5. The molecule has 0 spiro atoms. The van der Waals surface area contributed by atoms with E-state index in [1.807, 2.05) is 24.3 Å². The molecule has 0 radical (unpaired) electrons. The summed E-state index contributed by atoms with van der Waals surface area (Å²) >= 11 is 0. The largest absolute Gasteiger partial charge is 0.497 e. The Labute approximate surface area is 178 Å². The molecule has 31 heavy (non-hydrogen) atoms. The second-order valence-electron chi connectivity index (χ2n) is 7.54. The summed E-state index contributed by atoms with van der Waals surface area (Å²) in [5, 5.41) is 15.3. The number of rotatable bonds is 5. The number of amides is 1. The average molecular weight is 422 g/mol. The molecular formula is C22H22N4O5. The van der Waals surface area contributed by atoms with E-state index in [1.54, 1.807) is 31.1 Å². The molecule has 1 unspecified atom stereocenters. The summed E-state index contributed by atoms with van der Waals surface area (Å²) in [6.45, 7) is 2.65. The minimum Gasteiger partial charge on any atom is -0.497 e. The molecule has 9 heteroatoms. The fraction of sp³-hybridized carbons (Fsp3) is 0.318. The van der Waals surface area contributed by atoms with Gasteiger partial charge in [0.1, 0.15) is 5.75 Å². The van der Waals surface area contributed by atoms with Gasteiger partial charge in [-0.15, -0.1) is 0 Å². The molecule has 0 saturated carbocycles. The molecule has 1 aliphatic rings. The Bertz CT molecular complexity index is 1130. The van der Waals surface area contributed by atoms with E-state index in [1.165, 1.54) is 6.07 Å². The molecule has 0 N–H and O–H groups in total. The van der Waals surface area contributed by atoms with Crippen LogP contribution < -0.4 is 4.74 Å². The molecular weight excluding hydrogens is 400 g/mol. The number of carbonyl (C=O) groups is 1. The minimum atomic E-state index is -0.469. The molecule has 2 aromatic carbocycles. The zero-order chi connectivity index (χ0) is 22.0. The first-order chi connectivity index (χ1) is 15.0. The molecule has 3 aromatic rings. The molecule has 2 heterocycles. The quantitative estimate of drug-likeness (QED) is 0.451. The monoisotopic (exact) mass is 422 g/mol. The summed E-state index contributed by atoms with van der Waals surface area (Å²) in [6, 6.07) is 12.0. The van der Waals surface area contributed by atoms with Crippen molar-refractivity contribution in [3.63, 3.8) is 0 Å². The molecule has 1 saturated heterocycles. The molecule has 1 atom stereocenters. The lowest BCUT2D eigenvalue weighted by atomic mass is 9.97. The number of piperidine rings is 1. The third-order valence-corrected chi connectivity index (χ3v) is 5.48. The van der Waals surface area contributed by atoms with Crippen molar-refractivity contribution in [3.05, 3.63) is 69.6 Å². The van der Waals surface area contributed by atoms with Crippen LogP contribution in [0.15, 0.2) is 47.0 Å².